The van der Waals surface area contributed by atoms with E-state index >= 15 is 0 Å². The van der Waals surface area contributed by atoms with Crippen LogP contribution in [-0.4, -0.2) is 37.1 Å². The summed E-state index contributed by atoms with van der Waals surface area (Å²) in [5, 5.41) is 1.72. The standard InChI is InChI=1S/C14H20BrClN2/c1-11(2)17-5-7-18(8-6-17)14-4-3-12(10-15)9-13(14)16/h3-4,9,11H,5-8,10H2,1-2H3. The summed E-state index contributed by atoms with van der Waals surface area (Å²) < 4.78 is 0. The molecule has 0 atom stereocenters. The lowest BCUT2D eigenvalue weighted by atomic mass is 10.2. The fourth-order valence-corrected chi connectivity index (χ4v) is 3.04. The van der Waals surface area contributed by atoms with Crippen molar-refractivity contribution in [3.8, 4) is 0 Å². The summed E-state index contributed by atoms with van der Waals surface area (Å²) in [4.78, 5) is 4.90. The summed E-state index contributed by atoms with van der Waals surface area (Å²) in [6.07, 6.45) is 0. The van der Waals surface area contributed by atoms with Crippen molar-refractivity contribution >= 4 is 33.2 Å². The summed E-state index contributed by atoms with van der Waals surface area (Å²) in [7, 11) is 0. The van der Waals surface area contributed by atoms with Crippen molar-refractivity contribution in [2.45, 2.75) is 25.2 Å². The van der Waals surface area contributed by atoms with Gasteiger partial charge in [-0.15, -0.1) is 0 Å². The third kappa shape index (κ3) is 3.19. The molecule has 1 aliphatic rings. The Hall–Kier alpha value is -0.250. The Kier molecular flexibility index (Phi) is 4.93. The van der Waals surface area contributed by atoms with Crippen LogP contribution >= 0.6 is 27.5 Å². The summed E-state index contributed by atoms with van der Waals surface area (Å²) >= 11 is 9.82. The molecule has 1 aromatic rings. The van der Waals surface area contributed by atoms with Crippen LogP contribution in [0.2, 0.25) is 5.02 Å². The van der Waals surface area contributed by atoms with E-state index in [9.17, 15) is 0 Å². The van der Waals surface area contributed by atoms with E-state index in [4.69, 9.17) is 11.6 Å². The zero-order valence-electron chi connectivity index (χ0n) is 11.0. The van der Waals surface area contributed by atoms with Crippen LogP contribution in [-0.2, 0) is 5.33 Å². The van der Waals surface area contributed by atoms with Crippen molar-refractivity contribution in [1.29, 1.82) is 0 Å². The number of piperazine rings is 1. The number of hydrogen-bond donors (Lipinski definition) is 0. The predicted molar refractivity (Wildman–Crippen MR) is 83.0 cm³/mol. The van der Waals surface area contributed by atoms with Crippen LogP contribution in [0.15, 0.2) is 18.2 Å². The molecule has 2 rings (SSSR count). The Balaban J connectivity index is 2.05. The molecule has 1 heterocycles. The highest BCUT2D eigenvalue weighted by Gasteiger charge is 2.20. The highest BCUT2D eigenvalue weighted by atomic mass is 79.9. The summed E-state index contributed by atoms with van der Waals surface area (Å²) in [6.45, 7) is 8.88. The molecule has 2 nitrogen and oxygen atoms in total. The molecule has 0 unspecified atom stereocenters. The van der Waals surface area contributed by atoms with Gasteiger partial charge in [0.05, 0.1) is 10.7 Å². The van der Waals surface area contributed by atoms with Gasteiger partial charge in [0, 0.05) is 37.6 Å². The van der Waals surface area contributed by atoms with Crippen LogP contribution in [0.25, 0.3) is 0 Å². The Morgan fingerprint density at radius 1 is 1.22 bits per heavy atom. The first kappa shape index (κ1) is 14.2. The molecule has 0 aliphatic carbocycles. The minimum atomic E-state index is 0.637. The molecule has 0 bridgehead atoms. The molecule has 4 heteroatoms. The number of halogens is 2. The molecule has 0 aromatic heterocycles. The molecular weight excluding hydrogens is 312 g/mol. The van der Waals surface area contributed by atoms with Gasteiger partial charge in [-0.05, 0) is 31.5 Å². The van der Waals surface area contributed by atoms with Crippen molar-refractivity contribution in [2.75, 3.05) is 31.1 Å². The fraction of sp³-hybridized carbons (Fsp3) is 0.571. The molecule has 18 heavy (non-hydrogen) atoms. The van der Waals surface area contributed by atoms with Gasteiger partial charge in [-0.1, -0.05) is 33.6 Å². The van der Waals surface area contributed by atoms with Crippen molar-refractivity contribution in [3.05, 3.63) is 28.8 Å². The average molecular weight is 332 g/mol. The minimum Gasteiger partial charge on any atom is -0.368 e. The lowest BCUT2D eigenvalue weighted by Gasteiger charge is -2.38. The zero-order chi connectivity index (χ0) is 13.1. The third-order valence-electron chi connectivity index (χ3n) is 3.55. The van der Waals surface area contributed by atoms with E-state index in [1.165, 1.54) is 11.3 Å². The van der Waals surface area contributed by atoms with Gasteiger partial charge in [0.15, 0.2) is 0 Å². The highest BCUT2D eigenvalue weighted by molar-refractivity contribution is 9.08. The number of nitrogens with zero attached hydrogens (tertiary/aromatic N) is 2. The lowest BCUT2D eigenvalue weighted by Crippen LogP contribution is -2.49. The summed E-state index contributed by atoms with van der Waals surface area (Å²) in [5.41, 5.74) is 2.40. The van der Waals surface area contributed by atoms with Crippen molar-refractivity contribution in [2.24, 2.45) is 0 Å². The van der Waals surface area contributed by atoms with E-state index in [0.29, 0.717) is 6.04 Å². The Morgan fingerprint density at radius 3 is 2.39 bits per heavy atom. The second-order valence-electron chi connectivity index (χ2n) is 5.04. The van der Waals surface area contributed by atoms with E-state index in [-0.39, 0.29) is 0 Å². The number of alkyl halides is 1. The molecule has 1 aliphatic heterocycles. The van der Waals surface area contributed by atoms with E-state index in [2.05, 4.69) is 57.8 Å². The van der Waals surface area contributed by atoms with Crippen molar-refractivity contribution < 1.29 is 0 Å². The maximum absolute atomic E-state index is 6.36. The second kappa shape index (κ2) is 6.27. The van der Waals surface area contributed by atoms with E-state index in [1.54, 1.807) is 0 Å². The quantitative estimate of drug-likeness (QED) is 0.778. The molecular formula is C14H20BrClN2. The molecule has 100 valence electrons. The fourth-order valence-electron chi connectivity index (χ4n) is 2.37. The molecule has 1 saturated heterocycles. The van der Waals surface area contributed by atoms with Gasteiger partial charge in [0.25, 0.3) is 0 Å². The first-order valence-electron chi connectivity index (χ1n) is 6.45. The first-order chi connectivity index (χ1) is 8.61. The first-order valence-corrected chi connectivity index (χ1v) is 7.95. The van der Waals surface area contributed by atoms with Crippen LogP contribution in [0.1, 0.15) is 19.4 Å². The predicted octanol–water partition coefficient (Wildman–Crippen LogP) is 3.77. The van der Waals surface area contributed by atoms with E-state index in [0.717, 1.165) is 36.5 Å². The maximum atomic E-state index is 6.36. The minimum absolute atomic E-state index is 0.637. The molecule has 0 N–H and O–H groups in total. The van der Waals surface area contributed by atoms with Gasteiger partial charge >= 0.3 is 0 Å². The lowest BCUT2D eigenvalue weighted by molar-refractivity contribution is 0.209. The SMILES string of the molecule is CC(C)N1CCN(c2ccc(CBr)cc2Cl)CC1. The largest absolute Gasteiger partial charge is 0.368 e. The van der Waals surface area contributed by atoms with Gasteiger partial charge in [-0.25, -0.2) is 0 Å². The van der Waals surface area contributed by atoms with Crippen LogP contribution in [0.4, 0.5) is 5.69 Å². The van der Waals surface area contributed by atoms with Gasteiger partial charge < -0.3 is 4.90 Å². The van der Waals surface area contributed by atoms with Crippen molar-refractivity contribution in [3.63, 3.8) is 0 Å². The van der Waals surface area contributed by atoms with Crippen molar-refractivity contribution in [1.82, 2.24) is 4.90 Å². The number of hydrogen-bond acceptors (Lipinski definition) is 2. The van der Waals surface area contributed by atoms with Gasteiger partial charge in [-0.2, -0.15) is 0 Å². The summed E-state index contributed by atoms with van der Waals surface area (Å²) in [5.74, 6) is 0. The molecule has 1 aromatic carbocycles. The Bertz CT molecular complexity index is 401. The van der Waals surface area contributed by atoms with Gasteiger partial charge in [-0.3, -0.25) is 4.90 Å². The number of anilines is 1. The summed E-state index contributed by atoms with van der Waals surface area (Å²) in [6, 6.07) is 6.98. The normalized spacial score (nSPS) is 17.5. The molecule has 0 saturated carbocycles. The number of rotatable bonds is 3. The van der Waals surface area contributed by atoms with Crippen LogP contribution < -0.4 is 4.90 Å². The second-order valence-corrected chi connectivity index (χ2v) is 6.00. The van der Waals surface area contributed by atoms with E-state index < -0.39 is 0 Å². The van der Waals surface area contributed by atoms with Crippen LogP contribution in [0, 0.1) is 0 Å². The highest BCUT2D eigenvalue weighted by Crippen LogP contribution is 2.28. The van der Waals surface area contributed by atoms with Gasteiger partial charge in [0.1, 0.15) is 0 Å². The van der Waals surface area contributed by atoms with Crippen LogP contribution in [0.5, 0.6) is 0 Å². The monoisotopic (exact) mass is 330 g/mol. The Labute approximate surface area is 123 Å². The zero-order valence-corrected chi connectivity index (χ0v) is 13.3. The molecule has 0 amide bonds. The smallest absolute Gasteiger partial charge is 0.0642 e. The average Bonchev–Trinajstić information content (AvgIpc) is 2.38. The third-order valence-corrected chi connectivity index (χ3v) is 4.50. The Morgan fingerprint density at radius 2 is 1.89 bits per heavy atom. The van der Waals surface area contributed by atoms with Gasteiger partial charge in [0.2, 0.25) is 0 Å². The maximum Gasteiger partial charge on any atom is 0.0642 e. The topological polar surface area (TPSA) is 6.48 Å². The number of benzene rings is 1. The molecule has 0 spiro atoms. The molecule has 1 fully saturated rings. The van der Waals surface area contributed by atoms with E-state index in [1.807, 2.05) is 0 Å². The molecule has 0 radical (unpaired) electrons. The van der Waals surface area contributed by atoms with Crippen LogP contribution in [0.3, 0.4) is 0 Å².